The van der Waals surface area contributed by atoms with Gasteiger partial charge >= 0.3 is 0 Å². The van der Waals surface area contributed by atoms with Gasteiger partial charge < -0.3 is 5.73 Å². The minimum absolute atomic E-state index is 0.0633. The first kappa shape index (κ1) is 15.3. The maximum absolute atomic E-state index is 13.7. The van der Waals surface area contributed by atoms with E-state index in [9.17, 15) is 8.78 Å². The number of hydrogen-bond donors (Lipinski definition) is 1. The van der Waals surface area contributed by atoms with E-state index in [1.807, 2.05) is 13.0 Å². The van der Waals surface area contributed by atoms with Crippen molar-refractivity contribution < 1.29 is 8.78 Å². The number of halogens is 3. The first-order chi connectivity index (χ1) is 9.47. The lowest BCUT2D eigenvalue weighted by atomic mass is 10.1. The van der Waals surface area contributed by atoms with Crippen LogP contribution in [0.15, 0.2) is 46.2 Å². The first-order valence-corrected chi connectivity index (χ1v) is 7.32. The summed E-state index contributed by atoms with van der Waals surface area (Å²) in [6.45, 7) is 1.88. The Morgan fingerprint density at radius 2 is 1.95 bits per heavy atom. The lowest BCUT2D eigenvalue weighted by molar-refractivity contribution is 0.577. The molecule has 0 bridgehead atoms. The third kappa shape index (κ3) is 3.72. The van der Waals surface area contributed by atoms with Crippen LogP contribution >= 0.6 is 23.4 Å². The van der Waals surface area contributed by atoms with Crippen LogP contribution in [-0.2, 0) is 6.42 Å². The molecule has 0 saturated carbocycles. The second-order valence-corrected chi connectivity index (χ2v) is 6.07. The van der Waals surface area contributed by atoms with Crippen LogP contribution < -0.4 is 5.73 Å². The molecule has 0 aliphatic heterocycles. The summed E-state index contributed by atoms with van der Waals surface area (Å²) >= 11 is 7.33. The Bertz CT molecular complexity index is 617. The largest absolute Gasteiger partial charge is 0.328 e. The van der Waals surface area contributed by atoms with Crippen LogP contribution in [0.2, 0.25) is 5.02 Å². The summed E-state index contributed by atoms with van der Waals surface area (Å²) in [6, 6.07) is 8.72. The Morgan fingerprint density at radius 3 is 2.65 bits per heavy atom. The molecule has 1 nitrogen and oxygen atoms in total. The fraction of sp³-hybridized carbons (Fsp3) is 0.200. The van der Waals surface area contributed by atoms with Crippen LogP contribution in [0, 0.1) is 11.6 Å². The quantitative estimate of drug-likeness (QED) is 0.888. The van der Waals surface area contributed by atoms with E-state index in [1.165, 1.54) is 6.07 Å². The Kier molecular flexibility index (Phi) is 5.02. The third-order valence-corrected chi connectivity index (χ3v) is 4.20. The van der Waals surface area contributed by atoms with E-state index < -0.39 is 11.6 Å². The maximum atomic E-state index is 13.7. The molecule has 1 unspecified atom stereocenters. The topological polar surface area (TPSA) is 26.0 Å². The number of rotatable bonds is 4. The molecule has 0 amide bonds. The number of nitrogens with two attached hydrogens (primary N) is 1. The summed E-state index contributed by atoms with van der Waals surface area (Å²) < 4.78 is 26.9. The SMILES string of the molecule is CC(N)Cc1c(Cl)cccc1Sc1cc(F)ccc1F. The highest BCUT2D eigenvalue weighted by atomic mass is 35.5. The van der Waals surface area contributed by atoms with Gasteiger partial charge in [0.15, 0.2) is 0 Å². The normalized spacial score (nSPS) is 12.4. The van der Waals surface area contributed by atoms with E-state index in [1.54, 1.807) is 12.1 Å². The van der Waals surface area contributed by atoms with Crippen molar-refractivity contribution in [1.82, 2.24) is 0 Å². The van der Waals surface area contributed by atoms with E-state index in [-0.39, 0.29) is 10.9 Å². The maximum Gasteiger partial charge on any atom is 0.137 e. The molecule has 1 atom stereocenters. The zero-order valence-electron chi connectivity index (χ0n) is 10.9. The summed E-state index contributed by atoms with van der Waals surface area (Å²) in [7, 11) is 0. The van der Waals surface area contributed by atoms with Crippen LogP contribution in [0.4, 0.5) is 8.78 Å². The average molecular weight is 314 g/mol. The van der Waals surface area contributed by atoms with Gasteiger partial charge in [-0.2, -0.15) is 0 Å². The molecule has 0 fully saturated rings. The molecular weight excluding hydrogens is 300 g/mol. The van der Waals surface area contributed by atoms with Crippen LogP contribution in [0.3, 0.4) is 0 Å². The highest BCUT2D eigenvalue weighted by molar-refractivity contribution is 7.99. The Labute approximate surface area is 126 Å². The zero-order chi connectivity index (χ0) is 14.7. The van der Waals surface area contributed by atoms with Crippen molar-refractivity contribution in [1.29, 1.82) is 0 Å². The van der Waals surface area contributed by atoms with E-state index in [4.69, 9.17) is 17.3 Å². The minimum Gasteiger partial charge on any atom is -0.328 e. The summed E-state index contributed by atoms with van der Waals surface area (Å²) in [5.41, 5.74) is 6.67. The lowest BCUT2D eigenvalue weighted by Gasteiger charge is -2.13. The first-order valence-electron chi connectivity index (χ1n) is 6.13. The van der Waals surface area contributed by atoms with Crippen molar-refractivity contribution in [2.24, 2.45) is 5.73 Å². The van der Waals surface area contributed by atoms with E-state index in [0.717, 1.165) is 34.4 Å². The average Bonchev–Trinajstić information content (AvgIpc) is 2.37. The molecule has 20 heavy (non-hydrogen) atoms. The molecule has 5 heteroatoms. The van der Waals surface area contributed by atoms with Gasteiger partial charge in [-0.05, 0) is 49.2 Å². The Morgan fingerprint density at radius 1 is 1.20 bits per heavy atom. The summed E-state index contributed by atoms with van der Waals surface area (Å²) in [4.78, 5) is 1.03. The van der Waals surface area contributed by atoms with Gasteiger partial charge in [-0.15, -0.1) is 0 Å². The Hall–Kier alpha value is -1.10. The van der Waals surface area contributed by atoms with Gasteiger partial charge in [0, 0.05) is 16.0 Å². The smallest absolute Gasteiger partial charge is 0.137 e. The molecule has 2 aromatic carbocycles. The molecule has 2 rings (SSSR count). The molecule has 2 N–H and O–H groups in total. The second kappa shape index (κ2) is 6.57. The standard InChI is InChI=1S/C15H14ClF2NS/c1-9(19)7-11-12(16)3-2-4-14(11)20-15-8-10(17)5-6-13(15)18/h2-6,8-9H,7,19H2,1H3. The molecule has 0 heterocycles. The molecule has 0 saturated heterocycles. The van der Waals surface area contributed by atoms with E-state index >= 15 is 0 Å². The van der Waals surface area contributed by atoms with Crippen molar-refractivity contribution in [2.45, 2.75) is 29.2 Å². The molecule has 0 aliphatic carbocycles. The summed E-state index contributed by atoms with van der Waals surface area (Å²) in [6.07, 6.45) is 0.582. The highest BCUT2D eigenvalue weighted by Gasteiger charge is 2.13. The number of benzene rings is 2. The van der Waals surface area contributed by atoms with Crippen molar-refractivity contribution in [3.05, 3.63) is 58.6 Å². The second-order valence-electron chi connectivity index (χ2n) is 4.57. The van der Waals surface area contributed by atoms with Crippen molar-refractivity contribution in [3.8, 4) is 0 Å². The van der Waals surface area contributed by atoms with Gasteiger partial charge in [0.05, 0.1) is 4.90 Å². The molecule has 106 valence electrons. The Balaban J connectivity index is 2.38. The predicted octanol–water partition coefficient (Wildman–Crippen LogP) is 4.66. The van der Waals surface area contributed by atoms with Gasteiger partial charge in [0.25, 0.3) is 0 Å². The molecule has 0 aliphatic rings. The fourth-order valence-electron chi connectivity index (χ4n) is 1.83. The molecule has 0 radical (unpaired) electrons. The van der Waals surface area contributed by atoms with Crippen LogP contribution in [0.5, 0.6) is 0 Å². The fourth-order valence-corrected chi connectivity index (χ4v) is 3.17. The zero-order valence-corrected chi connectivity index (χ0v) is 12.4. The van der Waals surface area contributed by atoms with Gasteiger partial charge in [-0.1, -0.05) is 29.4 Å². The van der Waals surface area contributed by atoms with Gasteiger partial charge in [-0.3, -0.25) is 0 Å². The van der Waals surface area contributed by atoms with E-state index in [0.29, 0.717) is 11.4 Å². The molecule has 2 aromatic rings. The van der Waals surface area contributed by atoms with Gasteiger partial charge in [0.1, 0.15) is 11.6 Å². The van der Waals surface area contributed by atoms with Crippen LogP contribution in [0.25, 0.3) is 0 Å². The van der Waals surface area contributed by atoms with Crippen molar-refractivity contribution in [3.63, 3.8) is 0 Å². The van der Waals surface area contributed by atoms with Crippen LogP contribution in [-0.4, -0.2) is 6.04 Å². The third-order valence-electron chi connectivity index (χ3n) is 2.72. The van der Waals surface area contributed by atoms with E-state index in [2.05, 4.69) is 0 Å². The van der Waals surface area contributed by atoms with Gasteiger partial charge in [-0.25, -0.2) is 8.78 Å². The minimum atomic E-state index is -0.468. The highest BCUT2D eigenvalue weighted by Crippen LogP contribution is 2.35. The monoisotopic (exact) mass is 313 g/mol. The predicted molar refractivity (Wildman–Crippen MR) is 79.3 cm³/mol. The van der Waals surface area contributed by atoms with Crippen molar-refractivity contribution >= 4 is 23.4 Å². The van der Waals surface area contributed by atoms with Crippen molar-refractivity contribution in [2.75, 3.05) is 0 Å². The summed E-state index contributed by atoms with van der Waals surface area (Å²) in [5, 5.41) is 0.587. The summed E-state index contributed by atoms with van der Waals surface area (Å²) in [5.74, 6) is -0.923. The number of hydrogen-bond acceptors (Lipinski definition) is 2. The van der Waals surface area contributed by atoms with Gasteiger partial charge in [0.2, 0.25) is 0 Å². The van der Waals surface area contributed by atoms with Crippen LogP contribution in [0.1, 0.15) is 12.5 Å². The molecule has 0 spiro atoms. The molecular formula is C15H14ClF2NS. The molecule has 0 aromatic heterocycles. The lowest BCUT2D eigenvalue weighted by Crippen LogP contribution is -2.18.